The third-order valence-electron chi connectivity index (χ3n) is 4.73. The maximum Gasteiger partial charge on any atom is 0.293 e. The fourth-order valence-corrected chi connectivity index (χ4v) is 3.29. The molecule has 8 heteroatoms. The Bertz CT molecular complexity index is 985. The molecule has 0 aliphatic rings. The average Bonchev–Trinajstić information content (AvgIpc) is 3.14. The zero-order valence-electron chi connectivity index (χ0n) is 16.9. The van der Waals surface area contributed by atoms with Gasteiger partial charge in [-0.2, -0.15) is 5.10 Å². The Labute approximate surface area is 168 Å². The predicted molar refractivity (Wildman–Crippen MR) is 107 cm³/mol. The second kappa shape index (κ2) is 9.18. The first-order valence-corrected chi connectivity index (χ1v) is 9.02. The third-order valence-corrected chi connectivity index (χ3v) is 4.73. The van der Waals surface area contributed by atoms with Crippen molar-refractivity contribution >= 4 is 17.4 Å². The van der Waals surface area contributed by atoms with Gasteiger partial charge in [0.15, 0.2) is 23.0 Å². The molecule has 0 amide bonds. The van der Waals surface area contributed by atoms with Crippen molar-refractivity contribution in [2.75, 3.05) is 28.4 Å². The van der Waals surface area contributed by atoms with Gasteiger partial charge in [0.05, 0.1) is 39.6 Å². The quantitative estimate of drug-likeness (QED) is 0.523. The first-order valence-electron chi connectivity index (χ1n) is 9.02. The van der Waals surface area contributed by atoms with E-state index in [-0.39, 0.29) is 0 Å². The van der Waals surface area contributed by atoms with Crippen molar-refractivity contribution in [1.29, 1.82) is 0 Å². The van der Waals surface area contributed by atoms with Crippen molar-refractivity contribution in [1.82, 2.24) is 10.2 Å². The number of nitrogens with one attached hydrogen (secondary N) is 1. The zero-order chi connectivity index (χ0) is 20.8. The Morgan fingerprint density at radius 2 is 1.55 bits per heavy atom. The predicted octanol–water partition coefficient (Wildman–Crippen LogP) is 2.92. The van der Waals surface area contributed by atoms with Crippen LogP contribution in [0.15, 0.2) is 30.3 Å². The average molecular weight is 400 g/mol. The highest BCUT2D eigenvalue weighted by molar-refractivity contribution is 5.85. The van der Waals surface area contributed by atoms with E-state index in [1.54, 1.807) is 28.4 Å². The molecule has 1 aromatic heterocycles. The summed E-state index contributed by atoms with van der Waals surface area (Å²) in [5.41, 5.74) is 2.54. The lowest BCUT2D eigenvalue weighted by molar-refractivity contribution is -0.133. The van der Waals surface area contributed by atoms with Crippen LogP contribution in [0.1, 0.15) is 11.3 Å². The normalized spacial score (nSPS) is 11.7. The summed E-state index contributed by atoms with van der Waals surface area (Å²) in [6.07, 6.45) is 0.536. The minimum atomic E-state index is -0.398. The lowest BCUT2D eigenvalue weighted by atomic mass is 10.0. The number of aromatic amines is 1. The van der Waals surface area contributed by atoms with Gasteiger partial charge in [0.2, 0.25) is 0 Å². The van der Waals surface area contributed by atoms with Crippen LogP contribution < -0.4 is 18.9 Å². The molecule has 1 unspecified atom stereocenters. The molecule has 0 saturated carbocycles. The van der Waals surface area contributed by atoms with Crippen LogP contribution in [-0.2, 0) is 22.4 Å². The van der Waals surface area contributed by atoms with E-state index in [1.807, 2.05) is 30.3 Å². The van der Waals surface area contributed by atoms with Gasteiger partial charge in [0, 0.05) is 24.3 Å². The standard InChI is InChI=1S/C21H24N2O6/c1-25-18-6-5-13(8-19(18)26-2)7-14(29-12-24)9-16-15-10-20(27-3)21(28-4)11-17(15)23-22-16/h5-6,8,10-12,14H,7,9H2,1-4H3,(H,22,23). The molecule has 0 radical (unpaired) electrons. The summed E-state index contributed by atoms with van der Waals surface area (Å²) in [7, 11) is 6.33. The number of rotatable bonds is 10. The minimum Gasteiger partial charge on any atom is -0.493 e. The lowest BCUT2D eigenvalue weighted by Crippen LogP contribution is -2.19. The van der Waals surface area contributed by atoms with Crippen LogP contribution in [0.5, 0.6) is 23.0 Å². The number of hydrogen-bond donors (Lipinski definition) is 1. The van der Waals surface area contributed by atoms with E-state index < -0.39 is 6.10 Å². The van der Waals surface area contributed by atoms with Crippen LogP contribution in [0.2, 0.25) is 0 Å². The molecule has 1 atom stereocenters. The van der Waals surface area contributed by atoms with Crippen molar-refractivity contribution in [3.63, 3.8) is 0 Å². The zero-order valence-corrected chi connectivity index (χ0v) is 16.9. The van der Waals surface area contributed by atoms with E-state index in [2.05, 4.69) is 10.2 Å². The van der Waals surface area contributed by atoms with Crippen molar-refractivity contribution in [2.45, 2.75) is 18.9 Å². The number of hydrogen-bond acceptors (Lipinski definition) is 7. The van der Waals surface area contributed by atoms with Crippen molar-refractivity contribution < 1.29 is 28.5 Å². The van der Waals surface area contributed by atoms with Crippen LogP contribution in [0.3, 0.4) is 0 Å². The number of benzene rings is 2. The largest absolute Gasteiger partial charge is 0.493 e. The Balaban J connectivity index is 1.86. The molecule has 0 aliphatic heterocycles. The topological polar surface area (TPSA) is 91.9 Å². The van der Waals surface area contributed by atoms with Crippen molar-refractivity contribution in [2.24, 2.45) is 0 Å². The Morgan fingerprint density at radius 1 is 0.897 bits per heavy atom. The molecule has 3 rings (SSSR count). The highest BCUT2D eigenvalue weighted by Gasteiger charge is 2.19. The first-order chi connectivity index (χ1) is 14.1. The molecule has 0 aliphatic carbocycles. The van der Waals surface area contributed by atoms with Crippen molar-refractivity contribution in [3.8, 4) is 23.0 Å². The molecule has 8 nitrogen and oxygen atoms in total. The first kappa shape index (κ1) is 20.3. The Kier molecular flexibility index (Phi) is 6.43. The number of carbonyl (C=O) groups excluding carboxylic acids is 1. The van der Waals surface area contributed by atoms with Crippen LogP contribution in [0.4, 0.5) is 0 Å². The fraction of sp³-hybridized carbons (Fsp3) is 0.333. The molecule has 0 fully saturated rings. The maximum atomic E-state index is 11.1. The number of ether oxygens (including phenoxy) is 5. The maximum absolute atomic E-state index is 11.1. The summed E-state index contributed by atoms with van der Waals surface area (Å²) >= 11 is 0. The van der Waals surface area contributed by atoms with E-state index in [9.17, 15) is 4.79 Å². The van der Waals surface area contributed by atoms with Gasteiger partial charge in [-0.1, -0.05) is 6.07 Å². The molecular weight excluding hydrogens is 376 g/mol. The summed E-state index contributed by atoms with van der Waals surface area (Å²) in [5, 5.41) is 8.27. The number of H-pyrrole nitrogens is 1. The van der Waals surface area contributed by atoms with Gasteiger partial charge in [-0.25, -0.2) is 0 Å². The van der Waals surface area contributed by atoms with Crippen LogP contribution >= 0.6 is 0 Å². The van der Waals surface area contributed by atoms with Gasteiger partial charge < -0.3 is 23.7 Å². The fourth-order valence-electron chi connectivity index (χ4n) is 3.29. The number of fused-ring (bicyclic) bond motifs is 1. The second-order valence-corrected chi connectivity index (χ2v) is 6.37. The summed E-state index contributed by atoms with van der Waals surface area (Å²) in [6.45, 7) is 0.462. The van der Waals surface area contributed by atoms with Crippen molar-refractivity contribution in [3.05, 3.63) is 41.6 Å². The molecule has 1 heterocycles. The molecule has 154 valence electrons. The highest BCUT2D eigenvalue weighted by Crippen LogP contribution is 2.33. The third kappa shape index (κ3) is 4.37. The summed E-state index contributed by atoms with van der Waals surface area (Å²) in [4.78, 5) is 11.1. The van der Waals surface area contributed by atoms with Gasteiger partial charge in [-0.3, -0.25) is 9.89 Å². The number of carbonyl (C=O) groups is 1. The molecule has 3 aromatic rings. The van der Waals surface area contributed by atoms with Gasteiger partial charge in [0.1, 0.15) is 6.10 Å². The van der Waals surface area contributed by atoms with Crippen LogP contribution in [0, 0.1) is 0 Å². The Morgan fingerprint density at radius 3 is 2.21 bits per heavy atom. The number of nitrogens with zero attached hydrogens (tertiary/aromatic N) is 1. The molecule has 2 aromatic carbocycles. The van der Waals surface area contributed by atoms with E-state index in [0.717, 1.165) is 22.2 Å². The number of methoxy groups -OCH3 is 4. The van der Waals surface area contributed by atoms with Crippen LogP contribution in [0.25, 0.3) is 10.9 Å². The van der Waals surface area contributed by atoms with E-state index in [1.165, 1.54) is 0 Å². The summed E-state index contributed by atoms with van der Waals surface area (Å²) in [6, 6.07) is 9.30. The van der Waals surface area contributed by atoms with E-state index >= 15 is 0 Å². The van der Waals surface area contributed by atoms with Crippen LogP contribution in [-0.4, -0.2) is 51.2 Å². The molecule has 0 saturated heterocycles. The molecular formula is C21H24N2O6. The minimum absolute atomic E-state index is 0.398. The SMILES string of the molecule is COc1ccc(CC(Cc2n[nH]c3cc(OC)c(OC)cc23)OC=O)cc1OC. The van der Waals surface area contributed by atoms with Gasteiger partial charge in [-0.15, -0.1) is 0 Å². The van der Waals surface area contributed by atoms with Gasteiger partial charge in [-0.05, 0) is 23.8 Å². The molecule has 29 heavy (non-hydrogen) atoms. The molecule has 0 bridgehead atoms. The molecule has 1 N–H and O–H groups in total. The summed E-state index contributed by atoms with van der Waals surface area (Å²) < 4.78 is 26.7. The highest BCUT2D eigenvalue weighted by atomic mass is 16.5. The van der Waals surface area contributed by atoms with E-state index in [0.29, 0.717) is 42.3 Å². The van der Waals surface area contributed by atoms with Gasteiger partial charge >= 0.3 is 0 Å². The Hall–Kier alpha value is -3.42. The monoisotopic (exact) mass is 400 g/mol. The number of aromatic nitrogens is 2. The molecule has 0 spiro atoms. The van der Waals surface area contributed by atoms with E-state index in [4.69, 9.17) is 23.7 Å². The van der Waals surface area contributed by atoms with Gasteiger partial charge in [0.25, 0.3) is 6.47 Å². The lowest BCUT2D eigenvalue weighted by Gasteiger charge is -2.16. The second-order valence-electron chi connectivity index (χ2n) is 6.37. The summed E-state index contributed by atoms with van der Waals surface area (Å²) in [5.74, 6) is 2.48. The smallest absolute Gasteiger partial charge is 0.293 e.